The van der Waals surface area contributed by atoms with Gasteiger partial charge in [0.05, 0.1) is 10.5 Å². The van der Waals surface area contributed by atoms with E-state index in [4.69, 9.17) is 4.74 Å². The lowest BCUT2D eigenvalue weighted by Gasteiger charge is -2.24. The van der Waals surface area contributed by atoms with Crippen molar-refractivity contribution < 1.29 is 27.1 Å². The molecule has 0 aliphatic carbocycles. The quantitative estimate of drug-likeness (QED) is 0.712. The Labute approximate surface area is 140 Å². The highest BCUT2D eigenvalue weighted by molar-refractivity contribution is 7.89. The van der Waals surface area contributed by atoms with Crippen molar-refractivity contribution in [1.82, 2.24) is 10.0 Å². The minimum absolute atomic E-state index is 0.282. The van der Waals surface area contributed by atoms with Crippen molar-refractivity contribution in [2.45, 2.75) is 37.6 Å². The third-order valence-electron chi connectivity index (χ3n) is 3.43. The van der Waals surface area contributed by atoms with Crippen LogP contribution in [0.5, 0.6) is 0 Å². The average Bonchev–Trinajstić information content (AvgIpc) is 2.52. The molecule has 1 amide bonds. The molecule has 0 fully saturated rings. The molecule has 0 heterocycles. The van der Waals surface area contributed by atoms with Crippen LogP contribution in [0.15, 0.2) is 23.1 Å². The lowest BCUT2D eigenvalue weighted by molar-refractivity contribution is -0.125. The van der Waals surface area contributed by atoms with E-state index in [0.29, 0.717) is 6.42 Å². The zero-order valence-electron chi connectivity index (χ0n) is 14.0. The maximum absolute atomic E-state index is 13.7. The second-order valence-electron chi connectivity index (χ2n) is 5.71. The summed E-state index contributed by atoms with van der Waals surface area (Å²) < 4.78 is 43.9. The van der Waals surface area contributed by atoms with Crippen LogP contribution in [0, 0.1) is 5.82 Å². The van der Waals surface area contributed by atoms with Gasteiger partial charge in [-0.1, -0.05) is 6.92 Å². The third kappa shape index (κ3) is 5.27. The Bertz CT molecular complexity index is 731. The molecule has 0 atom stereocenters. The Balaban J connectivity index is 2.85. The van der Waals surface area contributed by atoms with Crippen LogP contribution >= 0.6 is 0 Å². The molecular formula is C15H21FN2O5S. The minimum atomic E-state index is -3.83. The largest absolute Gasteiger partial charge is 0.452 e. The Morgan fingerprint density at radius 3 is 2.46 bits per heavy atom. The highest BCUT2D eigenvalue weighted by Crippen LogP contribution is 2.16. The van der Waals surface area contributed by atoms with Gasteiger partial charge in [-0.3, -0.25) is 4.79 Å². The molecule has 1 rings (SSSR count). The van der Waals surface area contributed by atoms with E-state index < -0.39 is 45.4 Å². The van der Waals surface area contributed by atoms with Crippen molar-refractivity contribution in [3.63, 3.8) is 0 Å². The summed E-state index contributed by atoms with van der Waals surface area (Å²) in [6.07, 6.45) is 0.672. The molecule has 0 aliphatic rings. The highest BCUT2D eigenvalue weighted by Gasteiger charge is 2.22. The van der Waals surface area contributed by atoms with Gasteiger partial charge >= 0.3 is 5.97 Å². The summed E-state index contributed by atoms with van der Waals surface area (Å²) in [4.78, 5) is 23.4. The van der Waals surface area contributed by atoms with Crippen LogP contribution in [-0.4, -0.2) is 39.5 Å². The first kappa shape index (κ1) is 20.0. The lowest BCUT2D eigenvalue weighted by Crippen LogP contribution is -2.44. The molecule has 0 spiro atoms. The Kier molecular flexibility index (Phi) is 6.44. The number of carbonyl (C=O) groups excluding carboxylic acids is 2. The molecule has 0 unspecified atom stereocenters. The third-order valence-corrected chi connectivity index (χ3v) is 4.84. The first-order chi connectivity index (χ1) is 11.0. The van der Waals surface area contributed by atoms with Crippen molar-refractivity contribution in [3.8, 4) is 0 Å². The van der Waals surface area contributed by atoms with E-state index in [1.165, 1.54) is 7.05 Å². The molecule has 134 valence electrons. The van der Waals surface area contributed by atoms with E-state index in [1.54, 1.807) is 13.8 Å². The predicted molar refractivity (Wildman–Crippen MR) is 85.4 cm³/mol. The van der Waals surface area contributed by atoms with Gasteiger partial charge in [0.2, 0.25) is 10.0 Å². The number of sulfonamides is 1. The maximum atomic E-state index is 13.7. The van der Waals surface area contributed by atoms with Crippen molar-refractivity contribution in [2.24, 2.45) is 0 Å². The molecule has 0 saturated carbocycles. The molecule has 0 saturated heterocycles. The first-order valence-corrected chi connectivity index (χ1v) is 8.72. The number of carbonyl (C=O) groups is 2. The van der Waals surface area contributed by atoms with Crippen molar-refractivity contribution in [3.05, 3.63) is 29.6 Å². The van der Waals surface area contributed by atoms with Crippen LogP contribution in [-0.2, 0) is 19.6 Å². The molecule has 7 nitrogen and oxygen atoms in total. The highest BCUT2D eigenvalue weighted by atomic mass is 32.2. The number of rotatable bonds is 7. The van der Waals surface area contributed by atoms with E-state index >= 15 is 0 Å². The van der Waals surface area contributed by atoms with Crippen LogP contribution in [0.3, 0.4) is 0 Å². The summed E-state index contributed by atoms with van der Waals surface area (Å²) >= 11 is 0. The minimum Gasteiger partial charge on any atom is -0.452 e. The number of ether oxygens (including phenoxy) is 1. The number of esters is 1. The number of amides is 1. The molecule has 1 aromatic carbocycles. The van der Waals surface area contributed by atoms with Gasteiger partial charge in [-0.25, -0.2) is 22.3 Å². The normalized spacial score (nSPS) is 11.9. The molecular weight excluding hydrogens is 339 g/mol. The van der Waals surface area contributed by atoms with Crippen LogP contribution in [0.2, 0.25) is 0 Å². The predicted octanol–water partition coefficient (Wildman–Crippen LogP) is 1.20. The standard InChI is InChI=1S/C15H21FN2O5S/c1-5-15(2,3)18-13(19)9-23-14(20)11-8-10(6-7-12(11)16)24(21,22)17-4/h6-8,17H,5,9H2,1-4H3,(H,18,19). The van der Waals surface area contributed by atoms with Crippen LogP contribution in [0.4, 0.5) is 4.39 Å². The first-order valence-electron chi connectivity index (χ1n) is 7.23. The summed E-state index contributed by atoms with van der Waals surface area (Å²) in [6.45, 7) is 4.90. The summed E-state index contributed by atoms with van der Waals surface area (Å²) in [5.74, 6) is -2.59. The van der Waals surface area contributed by atoms with E-state index in [0.717, 1.165) is 18.2 Å². The molecule has 2 N–H and O–H groups in total. The average molecular weight is 360 g/mol. The van der Waals surface area contributed by atoms with Crippen LogP contribution in [0.1, 0.15) is 37.6 Å². The van der Waals surface area contributed by atoms with Gasteiger partial charge in [0.25, 0.3) is 5.91 Å². The summed E-state index contributed by atoms with van der Waals surface area (Å²) in [5.41, 5.74) is -1.02. The molecule has 0 radical (unpaired) electrons. The molecule has 24 heavy (non-hydrogen) atoms. The van der Waals surface area contributed by atoms with Crippen LogP contribution < -0.4 is 10.0 Å². The van der Waals surface area contributed by atoms with Crippen molar-refractivity contribution >= 4 is 21.9 Å². The monoisotopic (exact) mass is 360 g/mol. The number of nitrogens with one attached hydrogen (secondary N) is 2. The number of hydrogen-bond acceptors (Lipinski definition) is 5. The van der Waals surface area contributed by atoms with E-state index in [9.17, 15) is 22.4 Å². The van der Waals surface area contributed by atoms with Gasteiger partial charge in [-0.05, 0) is 45.5 Å². The topological polar surface area (TPSA) is 102 Å². The zero-order valence-corrected chi connectivity index (χ0v) is 14.8. The number of benzene rings is 1. The van der Waals surface area contributed by atoms with E-state index in [2.05, 4.69) is 10.0 Å². The maximum Gasteiger partial charge on any atom is 0.341 e. The van der Waals surface area contributed by atoms with Gasteiger partial charge in [-0.2, -0.15) is 0 Å². The fourth-order valence-electron chi connectivity index (χ4n) is 1.66. The number of halogens is 1. The summed E-state index contributed by atoms with van der Waals surface area (Å²) in [7, 11) is -2.64. The molecule has 9 heteroatoms. The van der Waals surface area contributed by atoms with Crippen LogP contribution in [0.25, 0.3) is 0 Å². The molecule has 0 aromatic heterocycles. The Morgan fingerprint density at radius 2 is 1.92 bits per heavy atom. The fourth-order valence-corrected chi connectivity index (χ4v) is 2.41. The van der Waals surface area contributed by atoms with Gasteiger partial charge in [0, 0.05) is 5.54 Å². The lowest BCUT2D eigenvalue weighted by atomic mass is 10.0. The van der Waals surface area contributed by atoms with Gasteiger partial charge in [0.1, 0.15) is 5.82 Å². The van der Waals surface area contributed by atoms with Gasteiger partial charge < -0.3 is 10.1 Å². The van der Waals surface area contributed by atoms with Gasteiger partial charge in [-0.15, -0.1) is 0 Å². The number of hydrogen-bond donors (Lipinski definition) is 2. The van der Waals surface area contributed by atoms with Gasteiger partial charge in [0.15, 0.2) is 6.61 Å². The van der Waals surface area contributed by atoms with E-state index in [-0.39, 0.29) is 4.90 Å². The van der Waals surface area contributed by atoms with Crippen molar-refractivity contribution in [1.29, 1.82) is 0 Å². The molecule has 0 bridgehead atoms. The Hall–Kier alpha value is -2.00. The zero-order chi connectivity index (χ0) is 18.5. The second kappa shape index (κ2) is 7.71. The van der Waals surface area contributed by atoms with Crippen molar-refractivity contribution in [2.75, 3.05) is 13.7 Å². The smallest absolute Gasteiger partial charge is 0.341 e. The molecule has 0 aliphatic heterocycles. The second-order valence-corrected chi connectivity index (χ2v) is 7.60. The summed E-state index contributed by atoms with van der Waals surface area (Å²) in [5, 5.41) is 2.66. The SMILES string of the molecule is CCC(C)(C)NC(=O)COC(=O)c1cc(S(=O)(=O)NC)ccc1F. The molecule has 1 aromatic rings. The fraction of sp³-hybridized carbons (Fsp3) is 0.467. The van der Waals surface area contributed by atoms with E-state index in [1.807, 2.05) is 6.92 Å². The Morgan fingerprint density at radius 1 is 1.29 bits per heavy atom. The summed E-state index contributed by atoms with van der Waals surface area (Å²) in [6, 6.07) is 2.73.